The van der Waals surface area contributed by atoms with E-state index in [9.17, 15) is 19.2 Å². The number of benzene rings is 2. The number of hydrogen-bond donors (Lipinski definition) is 1. The number of fused-ring (bicyclic) bond motifs is 1. The second-order valence-corrected chi connectivity index (χ2v) is 10.8. The zero-order valence-corrected chi connectivity index (χ0v) is 23.1. The smallest absolute Gasteiger partial charge is 0.243 e. The molecule has 1 N–H and O–H groups in total. The van der Waals surface area contributed by atoms with E-state index in [-0.39, 0.29) is 61.0 Å². The Balaban J connectivity index is 1.59. The minimum Gasteiger partial charge on any atom is -0.352 e. The summed E-state index contributed by atoms with van der Waals surface area (Å²) in [5.74, 6) is -1.50. The van der Waals surface area contributed by atoms with Gasteiger partial charge in [-0.2, -0.15) is 0 Å². The fourth-order valence-electron chi connectivity index (χ4n) is 5.44. The number of allylic oxidation sites excluding steroid dienone is 2. The Morgan fingerprint density at radius 2 is 1.62 bits per heavy atom. The zero-order valence-electron chi connectivity index (χ0n) is 23.1. The maximum Gasteiger partial charge on any atom is 0.243 e. The van der Waals surface area contributed by atoms with Gasteiger partial charge in [0.15, 0.2) is 0 Å². The Kier molecular flexibility index (Phi) is 9.33. The predicted molar refractivity (Wildman–Crippen MR) is 150 cm³/mol. The summed E-state index contributed by atoms with van der Waals surface area (Å²) in [6.07, 6.45) is 6.13. The lowest BCUT2D eigenvalue weighted by Crippen LogP contribution is -2.52. The number of nitrogens with one attached hydrogen (secondary N) is 1. The van der Waals surface area contributed by atoms with Crippen molar-refractivity contribution in [2.24, 2.45) is 11.8 Å². The summed E-state index contributed by atoms with van der Waals surface area (Å²) in [5.41, 5.74) is 2.93. The first-order valence-electron chi connectivity index (χ1n) is 14.0. The lowest BCUT2D eigenvalue weighted by Gasteiger charge is -2.33. The zero-order chi connectivity index (χ0) is 27.9. The van der Waals surface area contributed by atoms with Crippen LogP contribution < -0.4 is 5.32 Å². The molecule has 0 spiro atoms. The molecule has 4 rings (SSSR count). The molecule has 0 bridgehead atoms. The van der Waals surface area contributed by atoms with Crippen LogP contribution in [0, 0.1) is 18.8 Å². The van der Waals surface area contributed by atoms with Crippen LogP contribution in [0.4, 0.5) is 0 Å². The van der Waals surface area contributed by atoms with E-state index in [4.69, 9.17) is 0 Å². The summed E-state index contributed by atoms with van der Waals surface area (Å²) in [6.45, 7) is 6.22. The summed E-state index contributed by atoms with van der Waals surface area (Å²) in [6, 6.07) is 16.8. The summed E-state index contributed by atoms with van der Waals surface area (Å²) in [4.78, 5) is 56.4. The molecular formula is C32H39N3O4. The first-order valence-corrected chi connectivity index (χ1v) is 14.0. The van der Waals surface area contributed by atoms with Gasteiger partial charge >= 0.3 is 0 Å². The van der Waals surface area contributed by atoms with E-state index in [0.717, 1.165) is 23.1 Å². The number of carbonyl (C=O) groups is 4. The Bertz CT molecular complexity index is 1200. The van der Waals surface area contributed by atoms with Gasteiger partial charge in [0.25, 0.3) is 0 Å². The Labute approximate surface area is 231 Å². The van der Waals surface area contributed by atoms with Crippen LogP contribution >= 0.6 is 0 Å². The third-order valence-corrected chi connectivity index (χ3v) is 7.86. The molecule has 0 aromatic heterocycles. The van der Waals surface area contributed by atoms with Crippen molar-refractivity contribution in [1.82, 2.24) is 15.1 Å². The van der Waals surface area contributed by atoms with E-state index in [0.29, 0.717) is 19.3 Å². The predicted octanol–water partition coefficient (Wildman–Crippen LogP) is 4.19. The minimum absolute atomic E-state index is 0.0266. The Morgan fingerprint density at radius 3 is 2.23 bits per heavy atom. The molecule has 0 unspecified atom stereocenters. The molecule has 1 fully saturated rings. The second kappa shape index (κ2) is 12.9. The average molecular weight is 530 g/mol. The summed E-state index contributed by atoms with van der Waals surface area (Å²) < 4.78 is 0. The number of hydrogen-bond acceptors (Lipinski definition) is 4. The SMILES string of the molecule is CC[C@H](C)NC(=O)[C@H](Cc1ccccc1)N(Cc1cccc(C)c1)C(=O)CCN1C(=O)[C@H]2CC=CC[C@H]2C1=O. The minimum atomic E-state index is -0.744. The highest BCUT2D eigenvalue weighted by Crippen LogP contribution is 2.35. The quantitative estimate of drug-likeness (QED) is 0.349. The first kappa shape index (κ1) is 28.3. The monoisotopic (exact) mass is 529 g/mol. The molecule has 1 heterocycles. The van der Waals surface area contributed by atoms with Gasteiger partial charge in [0.05, 0.1) is 11.8 Å². The number of imide groups is 1. The lowest BCUT2D eigenvalue weighted by atomic mass is 9.85. The highest BCUT2D eigenvalue weighted by molar-refractivity contribution is 6.05. The summed E-state index contributed by atoms with van der Waals surface area (Å²) in [5, 5.41) is 3.07. The van der Waals surface area contributed by atoms with Crippen molar-refractivity contribution in [3.63, 3.8) is 0 Å². The Hall–Kier alpha value is -3.74. The van der Waals surface area contributed by atoms with Crippen molar-refractivity contribution in [2.75, 3.05) is 6.54 Å². The van der Waals surface area contributed by atoms with Crippen LogP contribution in [0.2, 0.25) is 0 Å². The van der Waals surface area contributed by atoms with E-state index in [1.807, 2.05) is 87.5 Å². The van der Waals surface area contributed by atoms with Crippen LogP contribution in [0.25, 0.3) is 0 Å². The van der Waals surface area contributed by atoms with Crippen LogP contribution in [0.3, 0.4) is 0 Å². The molecule has 0 radical (unpaired) electrons. The number of carbonyl (C=O) groups excluding carboxylic acids is 4. The van der Waals surface area contributed by atoms with Crippen molar-refractivity contribution in [1.29, 1.82) is 0 Å². The molecule has 2 aromatic carbocycles. The van der Waals surface area contributed by atoms with Crippen molar-refractivity contribution < 1.29 is 19.2 Å². The fourth-order valence-corrected chi connectivity index (χ4v) is 5.44. The molecule has 7 nitrogen and oxygen atoms in total. The van der Waals surface area contributed by atoms with Crippen molar-refractivity contribution in [3.05, 3.63) is 83.4 Å². The fraction of sp³-hybridized carbons (Fsp3) is 0.438. The van der Waals surface area contributed by atoms with Gasteiger partial charge in [0.2, 0.25) is 23.6 Å². The Morgan fingerprint density at radius 1 is 0.974 bits per heavy atom. The third-order valence-electron chi connectivity index (χ3n) is 7.86. The number of likely N-dealkylation sites (tertiary alicyclic amines) is 1. The number of rotatable bonds is 11. The molecule has 1 aliphatic heterocycles. The first-order chi connectivity index (χ1) is 18.8. The van der Waals surface area contributed by atoms with Gasteiger partial charge in [-0.1, -0.05) is 79.2 Å². The molecule has 7 heteroatoms. The topological polar surface area (TPSA) is 86.8 Å². The van der Waals surface area contributed by atoms with E-state index in [1.165, 1.54) is 4.90 Å². The van der Waals surface area contributed by atoms with E-state index >= 15 is 0 Å². The van der Waals surface area contributed by atoms with Gasteiger partial charge in [-0.15, -0.1) is 0 Å². The maximum absolute atomic E-state index is 13.9. The molecule has 1 saturated heterocycles. The van der Waals surface area contributed by atoms with Gasteiger partial charge in [0, 0.05) is 32.0 Å². The van der Waals surface area contributed by atoms with Gasteiger partial charge in [-0.05, 0) is 44.2 Å². The van der Waals surface area contributed by atoms with E-state index < -0.39 is 6.04 Å². The average Bonchev–Trinajstić information content (AvgIpc) is 3.18. The number of aryl methyl sites for hydroxylation is 1. The summed E-state index contributed by atoms with van der Waals surface area (Å²) in [7, 11) is 0. The molecule has 39 heavy (non-hydrogen) atoms. The van der Waals surface area contributed by atoms with E-state index in [1.54, 1.807) is 4.90 Å². The second-order valence-electron chi connectivity index (χ2n) is 10.8. The van der Waals surface area contributed by atoms with Gasteiger partial charge in [0.1, 0.15) is 6.04 Å². The largest absolute Gasteiger partial charge is 0.352 e. The third kappa shape index (κ3) is 6.83. The van der Waals surface area contributed by atoms with Crippen molar-refractivity contribution >= 4 is 23.6 Å². The summed E-state index contributed by atoms with van der Waals surface area (Å²) >= 11 is 0. The molecule has 0 saturated carbocycles. The number of amides is 4. The molecule has 2 aromatic rings. The van der Waals surface area contributed by atoms with Crippen LogP contribution in [-0.4, -0.2) is 52.1 Å². The van der Waals surface area contributed by atoms with Gasteiger partial charge in [-0.25, -0.2) is 0 Å². The maximum atomic E-state index is 13.9. The van der Waals surface area contributed by atoms with Crippen LogP contribution in [0.5, 0.6) is 0 Å². The van der Waals surface area contributed by atoms with Gasteiger partial charge < -0.3 is 10.2 Å². The highest BCUT2D eigenvalue weighted by atomic mass is 16.2. The molecule has 206 valence electrons. The van der Waals surface area contributed by atoms with Crippen LogP contribution in [0.15, 0.2) is 66.7 Å². The van der Waals surface area contributed by atoms with Gasteiger partial charge in [-0.3, -0.25) is 24.1 Å². The molecule has 4 atom stereocenters. The molecule has 2 aliphatic rings. The molecule has 4 amide bonds. The van der Waals surface area contributed by atoms with Crippen molar-refractivity contribution in [3.8, 4) is 0 Å². The van der Waals surface area contributed by atoms with E-state index in [2.05, 4.69) is 5.32 Å². The molecule has 1 aliphatic carbocycles. The number of nitrogens with zero attached hydrogens (tertiary/aromatic N) is 2. The lowest BCUT2D eigenvalue weighted by molar-refractivity contribution is -0.144. The highest BCUT2D eigenvalue weighted by Gasteiger charge is 2.47. The normalized spacial score (nSPS) is 19.9. The van der Waals surface area contributed by atoms with Crippen molar-refractivity contribution in [2.45, 2.75) is 71.5 Å². The van der Waals surface area contributed by atoms with Crippen LogP contribution in [0.1, 0.15) is 56.2 Å². The standard InChI is InChI=1S/C32H39N3O4/c1-4-23(3)33-30(37)28(20-24-12-6-5-7-13-24)35(21-25-14-10-11-22(2)19-25)29(36)17-18-34-31(38)26-15-8-9-16-27(26)32(34)39/h5-14,19,23,26-28H,4,15-18,20-21H2,1-3H3,(H,33,37)/t23-,26-,27+,28-/m0/s1. The van der Waals surface area contributed by atoms with Crippen LogP contribution in [-0.2, 0) is 32.1 Å². The molecular weight excluding hydrogens is 490 g/mol.